The Morgan fingerprint density at radius 2 is 1.90 bits per heavy atom. The minimum Gasteiger partial charge on any atom is -0.495 e. The first-order valence-electron chi connectivity index (χ1n) is 13.5. The van der Waals surface area contributed by atoms with Crippen molar-refractivity contribution in [3.05, 3.63) is 87.4 Å². The van der Waals surface area contributed by atoms with Gasteiger partial charge in [-0.05, 0) is 79.0 Å². The number of aliphatic hydroxyl groups is 1. The Morgan fingerprint density at radius 1 is 1.10 bits per heavy atom. The lowest BCUT2D eigenvalue weighted by atomic mass is 9.86. The normalized spacial score (nSPS) is 12.1. The zero-order valence-electron chi connectivity index (χ0n) is 23.0. The SMILES string of the molecule is COc1c(Cl)cc(CCC(CC(=O)O)c2ccc3c(nnn3CCCCOCc3ccccc3)c2C)cc1CO. The maximum Gasteiger partial charge on any atom is 0.303 e. The average Bonchev–Trinajstić information content (AvgIpc) is 3.37. The number of nitrogens with zero attached hydrogens (tertiary/aromatic N) is 3. The molecule has 0 amide bonds. The second kappa shape index (κ2) is 14.3. The van der Waals surface area contributed by atoms with E-state index in [0.717, 1.165) is 47.1 Å². The van der Waals surface area contributed by atoms with Gasteiger partial charge in [-0.3, -0.25) is 4.79 Å². The van der Waals surface area contributed by atoms with Gasteiger partial charge in [0.15, 0.2) is 0 Å². The summed E-state index contributed by atoms with van der Waals surface area (Å²) >= 11 is 6.35. The summed E-state index contributed by atoms with van der Waals surface area (Å²) < 4.78 is 13.0. The molecule has 2 N–H and O–H groups in total. The molecule has 9 heteroatoms. The maximum absolute atomic E-state index is 11.8. The zero-order chi connectivity index (χ0) is 28.5. The third kappa shape index (κ3) is 7.38. The van der Waals surface area contributed by atoms with E-state index in [1.807, 2.05) is 54.1 Å². The number of fused-ring (bicyclic) bond motifs is 1. The average molecular weight is 566 g/mol. The zero-order valence-corrected chi connectivity index (χ0v) is 23.7. The molecular weight excluding hydrogens is 530 g/mol. The van der Waals surface area contributed by atoms with Crippen LogP contribution < -0.4 is 4.74 Å². The molecule has 0 saturated carbocycles. The summed E-state index contributed by atoms with van der Waals surface area (Å²) in [4.78, 5) is 11.8. The van der Waals surface area contributed by atoms with Gasteiger partial charge >= 0.3 is 5.97 Å². The van der Waals surface area contributed by atoms with Crippen molar-refractivity contribution in [2.45, 2.75) is 64.7 Å². The lowest BCUT2D eigenvalue weighted by Gasteiger charge is -2.19. The number of hydrogen-bond donors (Lipinski definition) is 2. The molecule has 4 aromatic rings. The molecule has 0 bridgehead atoms. The maximum atomic E-state index is 11.8. The second-order valence-corrected chi connectivity index (χ2v) is 10.4. The predicted molar refractivity (Wildman–Crippen MR) is 155 cm³/mol. The van der Waals surface area contributed by atoms with Crippen molar-refractivity contribution in [3.63, 3.8) is 0 Å². The van der Waals surface area contributed by atoms with Gasteiger partial charge in [0.2, 0.25) is 0 Å². The van der Waals surface area contributed by atoms with E-state index in [1.165, 1.54) is 12.7 Å². The van der Waals surface area contributed by atoms with E-state index >= 15 is 0 Å². The Kier molecular flexibility index (Phi) is 10.5. The summed E-state index contributed by atoms with van der Waals surface area (Å²) in [5, 5.41) is 28.6. The smallest absolute Gasteiger partial charge is 0.303 e. The van der Waals surface area contributed by atoms with Gasteiger partial charge in [0.25, 0.3) is 0 Å². The van der Waals surface area contributed by atoms with Gasteiger partial charge in [-0.15, -0.1) is 5.10 Å². The molecule has 0 aliphatic carbocycles. The number of unbranched alkanes of at least 4 members (excludes halogenated alkanes) is 1. The number of hydrogen-bond acceptors (Lipinski definition) is 6. The quantitative estimate of drug-likeness (QED) is 0.168. The fourth-order valence-corrected chi connectivity index (χ4v) is 5.48. The van der Waals surface area contributed by atoms with Crippen LogP contribution in [0.3, 0.4) is 0 Å². The molecule has 1 heterocycles. The van der Waals surface area contributed by atoms with Crippen LogP contribution in [-0.4, -0.2) is 44.9 Å². The largest absolute Gasteiger partial charge is 0.495 e. The van der Waals surface area contributed by atoms with Gasteiger partial charge < -0.3 is 19.7 Å². The number of halogens is 1. The Balaban J connectivity index is 1.41. The van der Waals surface area contributed by atoms with Crippen LogP contribution in [0.2, 0.25) is 5.02 Å². The van der Waals surface area contributed by atoms with Crippen molar-refractivity contribution in [1.82, 2.24) is 15.0 Å². The second-order valence-electron chi connectivity index (χ2n) is 9.97. The van der Waals surface area contributed by atoms with Crippen LogP contribution in [0.5, 0.6) is 5.75 Å². The predicted octanol–water partition coefficient (Wildman–Crippen LogP) is 6.08. The van der Waals surface area contributed by atoms with Crippen LogP contribution in [0.15, 0.2) is 54.6 Å². The van der Waals surface area contributed by atoms with E-state index in [1.54, 1.807) is 0 Å². The first-order chi connectivity index (χ1) is 19.4. The van der Waals surface area contributed by atoms with Crippen molar-refractivity contribution in [1.29, 1.82) is 0 Å². The number of aliphatic hydroxyl groups excluding tert-OH is 1. The molecule has 1 unspecified atom stereocenters. The highest BCUT2D eigenvalue weighted by molar-refractivity contribution is 6.32. The lowest BCUT2D eigenvalue weighted by molar-refractivity contribution is -0.137. The van der Waals surface area contributed by atoms with Gasteiger partial charge in [-0.25, -0.2) is 4.68 Å². The fraction of sp³-hybridized carbons (Fsp3) is 0.387. The molecule has 1 atom stereocenters. The Labute approximate surface area is 239 Å². The number of rotatable bonds is 15. The molecule has 4 rings (SSSR count). The lowest BCUT2D eigenvalue weighted by Crippen LogP contribution is -2.10. The molecule has 1 aromatic heterocycles. The highest BCUT2D eigenvalue weighted by Crippen LogP contribution is 2.34. The Bertz CT molecular complexity index is 1420. The fourth-order valence-electron chi connectivity index (χ4n) is 5.14. The minimum absolute atomic E-state index is 0.000208. The van der Waals surface area contributed by atoms with E-state index in [-0.39, 0.29) is 18.9 Å². The molecule has 0 saturated heterocycles. The summed E-state index contributed by atoms with van der Waals surface area (Å²) in [6, 6.07) is 17.8. The van der Waals surface area contributed by atoms with Gasteiger partial charge in [0.1, 0.15) is 11.3 Å². The van der Waals surface area contributed by atoms with Crippen LogP contribution in [0.1, 0.15) is 59.4 Å². The molecule has 8 nitrogen and oxygen atoms in total. The van der Waals surface area contributed by atoms with Crippen molar-refractivity contribution in [2.75, 3.05) is 13.7 Å². The number of carboxylic acid groups (broad SMARTS) is 1. The minimum atomic E-state index is -0.855. The summed E-state index contributed by atoms with van der Waals surface area (Å²) in [7, 11) is 1.51. The van der Waals surface area contributed by atoms with Crippen LogP contribution >= 0.6 is 11.6 Å². The molecule has 0 aliphatic rings. The van der Waals surface area contributed by atoms with E-state index in [0.29, 0.717) is 42.4 Å². The van der Waals surface area contributed by atoms with E-state index in [9.17, 15) is 15.0 Å². The number of carbonyl (C=O) groups is 1. The molecule has 40 heavy (non-hydrogen) atoms. The van der Waals surface area contributed by atoms with E-state index in [4.69, 9.17) is 21.1 Å². The number of ether oxygens (including phenoxy) is 2. The van der Waals surface area contributed by atoms with E-state index < -0.39 is 5.97 Å². The molecule has 0 radical (unpaired) electrons. The standard InChI is InChI=1S/C31H36ClN3O5/c1-21-26(24(18-29(37)38)11-10-23-16-25(19-36)31(39-2)27(32)17-23)12-13-28-30(21)33-34-35(28)14-6-7-15-40-20-22-8-4-3-5-9-22/h3-5,8-9,12-13,16-17,24,36H,6-7,10-11,14-15,18-20H2,1-2H3,(H,37,38). The van der Waals surface area contributed by atoms with Crippen LogP contribution in [0.25, 0.3) is 11.0 Å². The summed E-state index contributed by atoms with van der Waals surface area (Å²) in [5.41, 5.74) is 6.33. The molecule has 0 aliphatic heterocycles. The van der Waals surface area contributed by atoms with Crippen LogP contribution in [-0.2, 0) is 35.7 Å². The number of carboxylic acids is 1. The summed E-state index contributed by atoms with van der Waals surface area (Å²) in [5.74, 6) is -0.613. The third-order valence-electron chi connectivity index (χ3n) is 7.20. The van der Waals surface area contributed by atoms with Crippen molar-refractivity contribution < 1.29 is 24.5 Å². The van der Waals surface area contributed by atoms with Crippen LogP contribution in [0, 0.1) is 6.92 Å². The van der Waals surface area contributed by atoms with Crippen molar-refractivity contribution in [3.8, 4) is 5.75 Å². The molecular formula is C31H36ClN3O5. The number of aryl methyl sites for hydroxylation is 3. The summed E-state index contributed by atoms with van der Waals surface area (Å²) in [6.07, 6.45) is 3.03. The molecule has 0 fully saturated rings. The van der Waals surface area contributed by atoms with Gasteiger partial charge in [0.05, 0.1) is 37.3 Å². The summed E-state index contributed by atoms with van der Waals surface area (Å²) in [6.45, 7) is 3.81. The molecule has 212 valence electrons. The van der Waals surface area contributed by atoms with Gasteiger partial charge in [-0.2, -0.15) is 0 Å². The molecule has 0 spiro atoms. The first-order valence-corrected chi connectivity index (χ1v) is 13.9. The van der Waals surface area contributed by atoms with Gasteiger partial charge in [0, 0.05) is 18.7 Å². The number of aromatic nitrogens is 3. The number of benzene rings is 3. The van der Waals surface area contributed by atoms with Crippen LogP contribution in [0.4, 0.5) is 0 Å². The third-order valence-corrected chi connectivity index (χ3v) is 7.48. The number of aliphatic carboxylic acids is 1. The Morgan fingerprint density at radius 3 is 2.62 bits per heavy atom. The van der Waals surface area contributed by atoms with Gasteiger partial charge in [-0.1, -0.05) is 53.2 Å². The first kappa shape index (κ1) is 29.5. The highest BCUT2D eigenvalue weighted by Gasteiger charge is 2.21. The monoisotopic (exact) mass is 565 g/mol. The Hall–Kier alpha value is -3.46. The molecule has 3 aromatic carbocycles. The topological polar surface area (TPSA) is 107 Å². The van der Waals surface area contributed by atoms with Crippen molar-refractivity contribution in [2.24, 2.45) is 0 Å². The highest BCUT2D eigenvalue weighted by atomic mass is 35.5. The van der Waals surface area contributed by atoms with Crippen molar-refractivity contribution >= 4 is 28.6 Å². The number of methoxy groups -OCH3 is 1. The van der Waals surface area contributed by atoms with E-state index in [2.05, 4.69) is 22.4 Å².